The molecule has 0 atom stereocenters. The van der Waals surface area contributed by atoms with Gasteiger partial charge in [0.05, 0.1) is 6.61 Å². The molecular formula is C13H22N2O. The first-order valence-corrected chi connectivity index (χ1v) is 5.34. The predicted molar refractivity (Wildman–Crippen MR) is 70.2 cm³/mol. The van der Waals surface area contributed by atoms with Crippen molar-refractivity contribution in [2.75, 3.05) is 6.61 Å². The molecule has 0 spiro atoms. The van der Waals surface area contributed by atoms with Gasteiger partial charge in [0, 0.05) is 17.8 Å². The van der Waals surface area contributed by atoms with Crippen molar-refractivity contribution in [3.05, 3.63) is 36.3 Å². The summed E-state index contributed by atoms with van der Waals surface area (Å²) in [4.78, 5) is 0. The molecule has 0 aromatic rings. The molecule has 0 aliphatic heterocycles. The number of allylic oxidation sites excluding steroid dienone is 2. The van der Waals surface area contributed by atoms with Gasteiger partial charge in [0.2, 0.25) is 0 Å². The third-order valence-electron chi connectivity index (χ3n) is 2.08. The number of ether oxygens (including phenoxy) is 1. The highest BCUT2D eigenvalue weighted by atomic mass is 16.5. The van der Waals surface area contributed by atoms with Crippen molar-refractivity contribution in [3.63, 3.8) is 0 Å². The van der Waals surface area contributed by atoms with E-state index in [0.717, 1.165) is 17.8 Å². The Morgan fingerprint density at radius 1 is 1.31 bits per heavy atom. The Bertz CT molecular complexity index is 310. The van der Waals surface area contributed by atoms with Gasteiger partial charge in [-0.05, 0) is 39.3 Å². The Balaban J connectivity index is 4.06. The summed E-state index contributed by atoms with van der Waals surface area (Å²) < 4.78 is 5.33. The van der Waals surface area contributed by atoms with E-state index in [9.17, 15) is 0 Å². The van der Waals surface area contributed by atoms with E-state index in [-0.39, 0.29) is 0 Å². The summed E-state index contributed by atoms with van der Waals surface area (Å²) >= 11 is 0. The van der Waals surface area contributed by atoms with Crippen LogP contribution in [0.25, 0.3) is 0 Å². The lowest BCUT2D eigenvalue weighted by atomic mass is 10.2. The Morgan fingerprint density at radius 2 is 1.94 bits per heavy atom. The fourth-order valence-electron chi connectivity index (χ4n) is 0.873. The SMILES string of the molecule is C=CC(=C)OCC/C(C)=C(\C)NN=C(C)C. The molecule has 1 N–H and O–H groups in total. The number of nitrogens with one attached hydrogen (secondary N) is 1. The Labute approximate surface area is 98.6 Å². The first kappa shape index (κ1) is 14.5. The highest BCUT2D eigenvalue weighted by molar-refractivity contribution is 5.78. The van der Waals surface area contributed by atoms with Crippen molar-refractivity contribution < 1.29 is 4.74 Å². The molecule has 0 amide bonds. The first-order valence-electron chi connectivity index (χ1n) is 5.34. The standard InChI is InChI=1S/C13H22N2O/c1-7-12(5)16-9-8-11(4)13(6)15-14-10(2)3/h7,15H,1,5,8-9H2,2-4,6H3/b13-11+. The maximum absolute atomic E-state index is 5.33. The molecule has 0 heterocycles. The van der Waals surface area contributed by atoms with Crippen molar-refractivity contribution in [2.24, 2.45) is 5.10 Å². The van der Waals surface area contributed by atoms with E-state index < -0.39 is 0 Å². The van der Waals surface area contributed by atoms with Gasteiger partial charge in [-0.25, -0.2) is 0 Å². The summed E-state index contributed by atoms with van der Waals surface area (Å²) in [5.74, 6) is 0.612. The third-order valence-corrected chi connectivity index (χ3v) is 2.08. The van der Waals surface area contributed by atoms with E-state index in [1.165, 1.54) is 5.57 Å². The van der Waals surface area contributed by atoms with Crippen LogP contribution in [-0.4, -0.2) is 12.3 Å². The van der Waals surface area contributed by atoms with E-state index in [4.69, 9.17) is 4.74 Å². The summed E-state index contributed by atoms with van der Waals surface area (Å²) in [6.07, 6.45) is 2.46. The average Bonchev–Trinajstić information content (AvgIpc) is 2.25. The highest BCUT2D eigenvalue weighted by Crippen LogP contribution is 2.07. The molecule has 0 rings (SSSR count). The summed E-state index contributed by atoms with van der Waals surface area (Å²) in [5.41, 5.74) is 6.29. The van der Waals surface area contributed by atoms with Gasteiger partial charge in [-0.3, -0.25) is 5.43 Å². The zero-order valence-electron chi connectivity index (χ0n) is 10.8. The van der Waals surface area contributed by atoms with E-state index in [1.54, 1.807) is 6.08 Å². The van der Waals surface area contributed by atoms with Crippen LogP contribution in [-0.2, 0) is 4.74 Å². The van der Waals surface area contributed by atoms with Crippen LogP contribution in [0.1, 0.15) is 34.1 Å². The van der Waals surface area contributed by atoms with Crippen LogP contribution in [0.4, 0.5) is 0 Å². The molecule has 0 unspecified atom stereocenters. The molecule has 0 aromatic carbocycles. The van der Waals surface area contributed by atoms with Crippen molar-refractivity contribution in [3.8, 4) is 0 Å². The van der Waals surface area contributed by atoms with Gasteiger partial charge in [0.1, 0.15) is 5.76 Å². The van der Waals surface area contributed by atoms with Gasteiger partial charge in [-0.1, -0.05) is 13.2 Å². The summed E-state index contributed by atoms with van der Waals surface area (Å²) in [5, 5.41) is 4.14. The molecule has 0 aromatic heterocycles. The molecule has 3 nitrogen and oxygen atoms in total. The predicted octanol–water partition coefficient (Wildman–Crippen LogP) is 3.37. The fourth-order valence-corrected chi connectivity index (χ4v) is 0.873. The fraction of sp³-hybridized carbons (Fsp3) is 0.462. The number of nitrogens with zero attached hydrogens (tertiary/aromatic N) is 1. The number of hydrogen-bond acceptors (Lipinski definition) is 3. The van der Waals surface area contributed by atoms with Crippen LogP contribution >= 0.6 is 0 Å². The topological polar surface area (TPSA) is 33.6 Å². The van der Waals surface area contributed by atoms with E-state index in [0.29, 0.717) is 12.4 Å². The van der Waals surface area contributed by atoms with Gasteiger partial charge in [-0.15, -0.1) is 0 Å². The molecule has 0 fully saturated rings. The van der Waals surface area contributed by atoms with Gasteiger partial charge in [0.25, 0.3) is 0 Å². The van der Waals surface area contributed by atoms with E-state index in [1.807, 2.05) is 20.8 Å². The Morgan fingerprint density at radius 3 is 2.44 bits per heavy atom. The van der Waals surface area contributed by atoms with Crippen LogP contribution in [0.3, 0.4) is 0 Å². The molecule has 0 aliphatic rings. The minimum Gasteiger partial charge on any atom is -0.494 e. The van der Waals surface area contributed by atoms with Gasteiger partial charge >= 0.3 is 0 Å². The van der Waals surface area contributed by atoms with Gasteiger partial charge in [-0.2, -0.15) is 5.10 Å². The minimum atomic E-state index is 0.612. The largest absolute Gasteiger partial charge is 0.494 e. The molecule has 0 saturated heterocycles. The molecule has 0 aliphatic carbocycles. The Hall–Kier alpha value is -1.51. The summed E-state index contributed by atoms with van der Waals surface area (Å²) in [6, 6.07) is 0. The van der Waals surface area contributed by atoms with Crippen molar-refractivity contribution >= 4 is 5.71 Å². The van der Waals surface area contributed by atoms with E-state index >= 15 is 0 Å². The van der Waals surface area contributed by atoms with Gasteiger partial charge in [0.15, 0.2) is 0 Å². The van der Waals surface area contributed by atoms with Crippen molar-refractivity contribution in [1.82, 2.24) is 5.43 Å². The van der Waals surface area contributed by atoms with Crippen LogP contribution in [0.2, 0.25) is 0 Å². The van der Waals surface area contributed by atoms with Crippen LogP contribution in [0.15, 0.2) is 41.4 Å². The molecule has 16 heavy (non-hydrogen) atoms. The van der Waals surface area contributed by atoms with E-state index in [2.05, 4.69) is 30.6 Å². The van der Waals surface area contributed by atoms with Crippen LogP contribution in [0.5, 0.6) is 0 Å². The second kappa shape index (κ2) is 7.74. The second-order valence-corrected chi connectivity index (χ2v) is 3.85. The molecule has 3 heteroatoms. The maximum atomic E-state index is 5.33. The van der Waals surface area contributed by atoms with Crippen LogP contribution < -0.4 is 5.43 Å². The molecular weight excluding hydrogens is 200 g/mol. The summed E-state index contributed by atoms with van der Waals surface area (Å²) in [6.45, 7) is 15.8. The smallest absolute Gasteiger partial charge is 0.111 e. The average molecular weight is 222 g/mol. The van der Waals surface area contributed by atoms with Crippen molar-refractivity contribution in [2.45, 2.75) is 34.1 Å². The normalized spacial score (nSPS) is 11.2. The molecule has 90 valence electrons. The monoisotopic (exact) mass is 222 g/mol. The number of hydrazone groups is 1. The quantitative estimate of drug-likeness (QED) is 0.310. The Kier molecular flexibility index (Phi) is 7.01. The molecule has 0 bridgehead atoms. The lowest BCUT2D eigenvalue weighted by Gasteiger charge is -2.09. The lowest BCUT2D eigenvalue weighted by Crippen LogP contribution is -2.07. The van der Waals surface area contributed by atoms with Crippen molar-refractivity contribution in [1.29, 1.82) is 0 Å². The third kappa shape index (κ3) is 6.87. The second-order valence-electron chi connectivity index (χ2n) is 3.85. The lowest BCUT2D eigenvalue weighted by molar-refractivity contribution is 0.229. The zero-order valence-corrected chi connectivity index (χ0v) is 10.8. The van der Waals surface area contributed by atoms with Crippen LogP contribution in [0, 0.1) is 0 Å². The number of hydrogen-bond donors (Lipinski definition) is 1. The number of rotatable bonds is 7. The highest BCUT2D eigenvalue weighted by Gasteiger charge is 1.97. The molecule has 0 radical (unpaired) electrons. The first-order chi connectivity index (χ1) is 7.47. The zero-order chi connectivity index (χ0) is 12.6. The molecule has 0 saturated carbocycles. The summed E-state index contributed by atoms with van der Waals surface area (Å²) in [7, 11) is 0. The maximum Gasteiger partial charge on any atom is 0.111 e. The minimum absolute atomic E-state index is 0.612. The van der Waals surface area contributed by atoms with Gasteiger partial charge < -0.3 is 4.74 Å².